The molecule has 0 saturated carbocycles. The number of unbranched alkanes of at least 4 members (excludes halogenated alkanes) is 1. The topological polar surface area (TPSA) is 94.3 Å². The number of hydrogen-bond acceptors (Lipinski definition) is 5. The van der Waals surface area contributed by atoms with Crippen molar-refractivity contribution >= 4 is 0 Å². The number of tetrazole rings is 1. The van der Waals surface area contributed by atoms with E-state index in [2.05, 4.69) is 77.6 Å². The second kappa shape index (κ2) is 9.94. The van der Waals surface area contributed by atoms with Gasteiger partial charge in [-0.2, -0.15) is 5.21 Å². The highest BCUT2D eigenvalue weighted by Gasteiger charge is 2.19. The van der Waals surface area contributed by atoms with Gasteiger partial charge in [0.05, 0.1) is 6.54 Å². The summed E-state index contributed by atoms with van der Waals surface area (Å²) in [5, 5.41) is 14.4. The highest BCUT2D eigenvalue weighted by atomic mass is 16.1. The predicted molar refractivity (Wildman–Crippen MR) is 129 cm³/mol. The first-order chi connectivity index (χ1) is 16.0. The van der Waals surface area contributed by atoms with Crippen LogP contribution < -0.4 is 5.69 Å². The number of aromatic nitrogens is 7. The van der Waals surface area contributed by atoms with E-state index in [9.17, 15) is 4.79 Å². The minimum absolute atomic E-state index is 0.0867. The van der Waals surface area contributed by atoms with Crippen LogP contribution in [0.5, 0.6) is 0 Å². The molecule has 172 valence electrons. The van der Waals surface area contributed by atoms with Crippen molar-refractivity contribution in [2.24, 2.45) is 0 Å². The lowest BCUT2D eigenvalue weighted by molar-refractivity contribution is 0.496. The van der Waals surface area contributed by atoms with Crippen LogP contribution in [0.2, 0.25) is 0 Å². The number of imidazole rings is 1. The van der Waals surface area contributed by atoms with Gasteiger partial charge in [-0.25, -0.2) is 4.79 Å². The van der Waals surface area contributed by atoms with Crippen LogP contribution in [0, 0.1) is 6.92 Å². The Kier molecular flexibility index (Phi) is 6.82. The fourth-order valence-corrected chi connectivity index (χ4v) is 4.32. The van der Waals surface area contributed by atoms with Gasteiger partial charge in [-0.15, -0.1) is 10.2 Å². The summed E-state index contributed by atoms with van der Waals surface area (Å²) in [7, 11) is 0. The van der Waals surface area contributed by atoms with Gasteiger partial charge < -0.3 is 0 Å². The molecule has 0 spiro atoms. The maximum absolute atomic E-state index is 13.3. The Morgan fingerprint density at radius 3 is 2.55 bits per heavy atom. The van der Waals surface area contributed by atoms with Crippen molar-refractivity contribution in [2.45, 2.75) is 66.0 Å². The summed E-state index contributed by atoms with van der Waals surface area (Å²) in [6.45, 7) is 9.07. The maximum atomic E-state index is 13.3. The smallest absolute Gasteiger partial charge is 0.294 e. The molecule has 4 rings (SSSR count). The number of nitrogens with zero attached hydrogens (tertiary/aromatic N) is 6. The quantitative estimate of drug-likeness (QED) is 0.407. The first-order valence-electron chi connectivity index (χ1n) is 11.6. The van der Waals surface area contributed by atoms with E-state index in [1.807, 2.05) is 21.4 Å². The Bertz CT molecular complexity index is 1250. The van der Waals surface area contributed by atoms with E-state index in [0.717, 1.165) is 59.3 Å². The molecule has 0 bridgehead atoms. The van der Waals surface area contributed by atoms with Gasteiger partial charge in [0.25, 0.3) is 0 Å². The van der Waals surface area contributed by atoms with Gasteiger partial charge in [0.2, 0.25) is 5.82 Å². The average Bonchev–Trinajstić information content (AvgIpc) is 3.45. The predicted octanol–water partition coefficient (Wildman–Crippen LogP) is 4.56. The van der Waals surface area contributed by atoms with Crippen molar-refractivity contribution in [1.29, 1.82) is 0 Å². The van der Waals surface area contributed by atoms with Gasteiger partial charge in [-0.05, 0) is 55.5 Å². The van der Waals surface area contributed by atoms with Gasteiger partial charge in [0, 0.05) is 41.0 Å². The van der Waals surface area contributed by atoms with E-state index in [1.165, 1.54) is 0 Å². The first kappa shape index (κ1) is 22.6. The van der Waals surface area contributed by atoms with Crippen LogP contribution in [-0.4, -0.2) is 34.7 Å². The van der Waals surface area contributed by atoms with Crippen LogP contribution in [0.4, 0.5) is 0 Å². The molecule has 3 aromatic heterocycles. The summed E-state index contributed by atoms with van der Waals surface area (Å²) in [6.07, 6.45) is 7.55. The zero-order chi connectivity index (χ0) is 23.4. The standard InChI is InChI=1S/C25H31N7O/c1-5-7-8-23-18(4)32(17(3)6-2)25(33)31(23)16-19-9-11-20(12-10-19)22-15-26-14-13-21(22)24-27-29-30-28-24/h9-15,17H,5-8,16H2,1-4H3,(H,27,28,29,30). The number of H-pyrrole nitrogens is 1. The Labute approximate surface area is 193 Å². The molecule has 0 aliphatic rings. The van der Waals surface area contributed by atoms with Crippen LogP contribution in [0.25, 0.3) is 22.5 Å². The molecule has 0 aliphatic heterocycles. The lowest BCUT2D eigenvalue weighted by Gasteiger charge is -2.11. The zero-order valence-electron chi connectivity index (χ0n) is 19.7. The van der Waals surface area contributed by atoms with E-state index < -0.39 is 0 Å². The molecule has 0 fully saturated rings. The Morgan fingerprint density at radius 1 is 1.09 bits per heavy atom. The third kappa shape index (κ3) is 4.51. The highest BCUT2D eigenvalue weighted by Crippen LogP contribution is 2.29. The summed E-state index contributed by atoms with van der Waals surface area (Å²) < 4.78 is 3.92. The number of benzene rings is 1. The SMILES string of the molecule is CCCCc1c(C)n(C(C)CC)c(=O)n1Cc1ccc(-c2cnccc2-c2nn[nH]n2)cc1. The molecule has 0 saturated heterocycles. The summed E-state index contributed by atoms with van der Waals surface area (Å²) >= 11 is 0. The molecule has 33 heavy (non-hydrogen) atoms. The molecule has 3 heterocycles. The Morgan fingerprint density at radius 2 is 1.88 bits per heavy atom. The first-order valence-corrected chi connectivity index (χ1v) is 11.6. The van der Waals surface area contributed by atoms with E-state index in [1.54, 1.807) is 6.20 Å². The normalized spacial score (nSPS) is 12.2. The zero-order valence-corrected chi connectivity index (χ0v) is 19.7. The van der Waals surface area contributed by atoms with Crippen molar-refractivity contribution in [3.63, 3.8) is 0 Å². The highest BCUT2D eigenvalue weighted by molar-refractivity contribution is 5.79. The molecular weight excluding hydrogens is 414 g/mol. The summed E-state index contributed by atoms with van der Waals surface area (Å²) in [4.78, 5) is 17.6. The molecule has 1 atom stereocenters. The Balaban J connectivity index is 1.67. The van der Waals surface area contributed by atoms with Crippen LogP contribution in [0.3, 0.4) is 0 Å². The lowest BCUT2D eigenvalue weighted by atomic mass is 10.0. The second-order valence-corrected chi connectivity index (χ2v) is 8.49. The van der Waals surface area contributed by atoms with Crippen molar-refractivity contribution in [3.05, 3.63) is 70.2 Å². The number of pyridine rings is 1. The molecule has 4 aromatic rings. The minimum atomic E-state index is 0.0867. The van der Waals surface area contributed by atoms with Crippen LogP contribution in [0.1, 0.15) is 63.0 Å². The van der Waals surface area contributed by atoms with E-state index >= 15 is 0 Å². The number of rotatable bonds is 9. The molecule has 0 aliphatic carbocycles. The summed E-state index contributed by atoms with van der Waals surface area (Å²) in [5.41, 5.74) is 6.24. The largest absolute Gasteiger partial charge is 0.329 e. The van der Waals surface area contributed by atoms with E-state index in [0.29, 0.717) is 12.4 Å². The van der Waals surface area contributed by atoms with Crippen LogP contribution in [0.15, 0.2) is 47.5 Å². The van der Waals surface area contributed by atoms with Crippen molar-refractivity contribution in [2.75, 3.05) is 0 Å². The molecule has 8 nitrogen and oxygen atoms in total. The average molecular weight is 446 g/mol. The van der Waals surface area contributed by atoms with E-state index in [4.69, 9.17) is 0 Å². The molecular formula is C25H31N7O. The number of hydrogen-bond donors (Lipinski definition) is 1. The fourth-order valence-electron chi connectivity index (χ4n) is 4.32. The van der Waals surface area contributed by atoms with Crippen molar-refractivity contribution in [3.8, 4) is 22.5 Å². The second-order valence-electron chi connectivity index (χ2n) is 8.49. The Hall–Kier alpha value is -3.55. The molecule has 1 aromatic carbocycles. The summed E-state index contributed by atoms with van der Waals surface area (Å²) in [5.74, 6) is 0.533. The molecule has 8 heteroatoms. The minimum Gasteiger partial charge on any atom is -0.294 e. The summed E-state index contributed by atoms with van der Waals surface area (Å²) in [6, 6.07) is 10.4. The van der Waals surface area contributed by atoms with Gasteiger partial charge in [0.1, 0.15) is 0 Å². The molecule has 1 unspecified atom stereocenters. The third-order valence-corrected chi connectivity index (χ3v) is 6.35. The molecule has 1 N–H and O–H groups in total. The number of nitrogens with one attached hydrogen (secondary N) is 1. The third-order valence-electron chi connectivity index (χ3n) is 6.35. The van der Waals surface area contributed by atoms with Crippen LogP contribution in [-0.2, 0) is 13.0 Å². The van der Waals surface area contributed by atoms with Crippen molar-refractivity contribution < 1.29 is 0 Å². The van der Waals surface area contributed by atoms with Crippen LogP contribution >= 0.6 is 0 Å². The van der Waals surface area contributed by atoms with Crippen molar-refractivity contribution in [1.82, 2.24) is 34.7 Å². The number of aromatic amines is 1. The molecule has 0 amide bonds. The fraction of sp³-hybridized carbons (Fsp3) is 0.400. The van der Waals surface area contributed by atoms with Gasteiger partial charge in [-0.3, -0.25) is 14.1 Å². The molecule has 0 radical (unpaired) electrons. The lowest BCUT2D eigenvalue weighted by Crippen LogP contribution is -2.27. The maximum Gasteiger partial charge on any atom is 0.329 e. The van der Waals surface area contributed by atoms with Gasteiger partial charge >= 0.3 is 5.69 Å². The van der Waals surface area contributed by atoms with Gasteiger partial charge in [-0.1, -0.05) is 44.5 Å². The monoisotopic (exact) mass is 445 g/mol. The van der Waals surface area contributed by atoms with Gasteiger partial charge in [0.15, 0.2) is 0 Å². The van der Waals surface area contributed by atoms with E-state index in [-0.39, 0.29) is 11.7 Å².